The van der Waals surface area contributed by atoms with E-state index >= 15 is 0 Å². The van der Waals surface area contributed by atoms with Crippen LogP contribution in [0.3, 0.4) is 0 Å². The zero-order valence-corrected chi connectivity index (χ0v) is 13.9. The van der Waals surface area contributed by atoms with E-state index < -0.39 is 15.8 Å². The van der Waals surface area contributed by atoms with Gasteiger partial charge in [0.15, 0.2) is 0 Å². The van der Waals surface area contributed by atoms with Crippen LogP contribution in [-0.2, 0) is 10.0 Å². The summed E-state index contributed by atoms with van der Waals surface area (Å²) >= 11 is 5.99. The molecule has 0 N–H and O–H groups in total. The Balaban J connectivity index is 1.72. The maximum atomic E-state index is 13.0. The molecule has 1 fully saturated rings. The molecule has 7 heteroatoms. The van der Waals surface area contributed by atoms with E-state index in [-0.39, 0.29) is 4.90 Å². The molecule has 1 aliphatic heterocycles. The van der Waals surface area contributed by atoms with Gasteiger partial charge in [0.2, 0.25) is 10.0 Å². The van der Waals surface area contributed by atoms with Gasteiger partial charge in [0, 0.05) is 36.9 Å². The molecule has 0 bridgehead atoms. The Morgan fingerprint density at radius 2 is 1.61 bits per heavy atom. The van der Waals surface area contributed by atoms with Gasteiger partial charge < -0.3 is 4.90 Å². The highest BCUT2D eigenvalue weighted by Crippen LogP contribution is 2.23. The summed E-state index contributed by atoms with van der Waals surface area (Å²) in [5, 5.41) is 0.656. The van der Waals surface area contributed by atoms with Crippen molar-refractivity contribution in [3.8, 4) is 0 Å². The van der Waals surface area contributed by atoms with Crippen LogP contribution >= 0.6 is 11.6 Å². The Kier molecular flexibility index (Phi) is 4.57. The number of sulfonamides is 1. The zero-order valence-electron chi connectivity index (χ0n) is 12.3. The monoisotopic (exact) mass is 354 g/mol. The second-order valence-electron chi connectivity index (χ2n) is 5.32. The van der Waals surface area contributed by atoms with Crippen LogP contribution in [0.1, 0.15) is 0 Å². The average molecular weight is 355 g/mol. The molecule has 0 amide bonds. The van der Waals surface area contributed by atoms with Crippen molar-refractivity contribution in [2.45, 2.75) is 4.90 Å². The molecule has 0 aliphatic carbocycles. The molecule has 0 unspecified atom stereocenters. The van der Waals surface area contributed by atoms with Gasteiger partial charge in [-0.05, 0) is 42.5 Å². The maximum absolute atomic E-state index is 13.0. The van der Waals surface area contributed by atoms with Gasteiger partial charge in [-0.15, -0.1) is 0 Å². The van der Waals surface area contributed by atoms with Crippen molar-refractivity contribution in [1.29, 1.82) is 0 Å². The molecule has 2 aromatic carbocycles. The van der Waals surface area contributed by atoms with Crippen LogP contribution in [-0.4, -0.2) is 38.9 Å². The summed E-state index contributed by atoms with van der Waals surface area (Å²) in [6.45, 7) is 1.93. The first-order valence-corrected chi connectivity index (χ1v) is 9.05. The van der Waals surface area contributed by atoms with Crippen molar-refractivity contribution in [2.24, 2.45) is 0 Å². The molecule has 122 valence electrons. The number of nitrogens with zero attached hydrogens (tertiary/aromatic N) is 2. The van der Waals surface area contributed by atoms with Gasteiger partial charge in [-0.25, -0.2) is 12.8 Å². The summed E-state index contributed by atoms with van der Waals surface area (Å²) in [5.74, 6) is -0.449. The van der Waals surface area contributed by atoms with Crippen LogP contribution in [0.5, 0.6) is 0 Å². The van der Waals surface area contributed by atoms with Gasteiger partial charge in [-0.1, -0.05) is 17.7 Å². The normalized spacial score (nSPS) is 16.5. The number of hydrogen-bond donors (Lipinski definition) is 0. The van der Waals surface area contributed by atoms with E-state index in [9.17, 15) is 12.8 Å². The summed E-state index contributed by atoms with van der Waals surface area (Å²) in [5.41, 5.74) is 0.983. The van der Waals surface area contributed by atoms with E-state index in [4.69, 9.17) is 11.6 Å². The third kappa shape index (κ3) is 3.49. The molecule has 1 saturated heterocycles. The van der Waals surface area contributed by atoms with E-state index in [1.165, 1.54) is 16.4 Å². The van der Waals surface area contributed by atoms with Gasteiger partial charge in [0.1, 0.15) is 5.82 Å². The Morgan fingerprint density at radius 3 is 2.22 bits per heavy atom. The van der Waals surface area contributed by atoms with E-state index in [1.807, 2.05) is 18.2 Å². The van der Waals surface area contributed by atoms with E-state index in [2.05, 4.69) is 4.90 Å². The molecule has 23 heavy (non-hydrogen) atoms. The lowest BCUT2D eigenvalue weighted by Gasteiger charge is -2.35. The fourth-order valence-electron chi connectivity index (χ4n) is 2.62. The minimum atomic E-state index is -3.58. The molecule has 4 nitrogen and oxygen atoms in total. The van der Waals surface area contributed by atoms with Crippen LogP contribution in [0.25, 0.3) is 0 Å². The molecule has 0 spiro atoms. The molecular weight excluding hydrogens is 339 g/mol. The third-order valence-electron chi connectivity index (χ3n) is 3.86. The van der Waals surface area contributed by atoms with Crippen molar-refractivity contribution in [1.82, 2.24) is 4.31 Å². The lowest BCUT2D eigenvalue weighted by atomic mass is 10.2. The van der Waals surface area contributed by atoms with Crippen molar-refractivity contribution in [3.05, 3.63) is 59.4 Å². The van der Waals surface area contributed by atoms with Crippen molar-refractivity contribution in [3.63, 3.8) is 0 Å². The molecule has 1 aliphatic rings. The third-order valence-corrected chi connectivity index (χ3v) is 6.01. The molecule has 0 radical (unpaired) electrons. The van der Waals surface area contributed by atoms with E-state index in [1.54, 1.807) is 6.07 Å². The quantitative estimate of drug-likeness (QED) is 0.850. The number of anilines is 1. The zero-order chi connectivity index (χ0) is 16.4. The Labute approximate surface area is 140 Å². The summed E-state index contributed by atoms with van der Waals surface area (Å²) in [6.07, 6.45) is 0. The number of halogens is 2. The lowest BCUT2D eigenvalue weighted by Crippen LogP contribution is -2.48. The molecule has 3 rings (SSSR count). The number of rotatable bonds is 3. The average Bonchev–Trinajstić information content (AvgIpc) is 2.55. The van der Waals surface area contributed by atoms with Crippen LogP contribution in [0.2, 0.25) is 5.02 Å². The number of piperazine rings is 1. The molecule has 0 atom stereocenters. The fourth-order valence-corrected chi connectivity index (χ4v) is 4.22. The van der Waals surface area contributed by atoms with Gasteiger partial charge in [-0.3, -0.25) is 0 Å². The standard InChI is InChI=1S/C16H16ClFN2O2S/c17-13-2-1-3-15(12-13)19-8-10-20(11-9-19)23(21,22)16-6-4-14(18)5-7-16/h1-7,12H,8-11H2. The van der Waals surface area contributed by atoms with Gasteiger partial charge in [-0.2, -0.15) is 4.31 Å². The highest BCUT2D eigenvalue weighted by Gasteiger charge is 2.28. The van der Waals surface area contributed by atoms with Gasteiger partial charge in [0.05, 0.1) is 4.90 Å². The molecule has 0 saturated carbocycles. The number of hydrogen-bond acceptors (Lipinski definition) is 3. The van der Waals surface area contributed by atoms with Crippen LogP contribution in [0.15, 0.2) is 53.4 Å². The maximum Gasteiger partial charge on any atom is 0.243 e. The van der Waals surface area contributed by atoms with Crippen LogP contribution < -0.4 is 4.90 Å². The first kappa shape index (κ1) is 16.2. The summed E-state index contributed by atoms with van der Waals surface area (Å²) < 4.78 is 39.5. The molecular formula is C16H16ClFN2O2S. The first-order valence-electron chi connectivity index (χ1n) is 7.23. The topological polar surface area (TPSA) is 40.6 Å². The van der Waals surface area contributed by atoms with Gasteiger partial charge in [0.25, 0.3) is 0 Å². The molecule has 1 heterocycles. The second-order valence-corrected chi connectivity index (χ2v) is 7.70. The lowest BCUT2D eigenvalue weighted by molar-refractivity contribution is 0.385. The fraction of sp³-hybridized carbons (Fsp3) is 0.250. The number of benzene rings is 2. The molecule has 2 aromatic rings. The van der Waals surface area contributed by atoms with Crippen molar-refractivity contribution >= 4 is 27.3 Å². The smallest absolute Gasteiger partial charge is 0.243 e. The summed E-state index contributed by atoms with van der Waals surface area (Å²) in [4.78, 5) is 2.22. The van der Waals surface area contributed by atoms with Gasteiger partial charge >= 0.3 is 0 Å². The highest BCUT2D eigenvalue weighted by molar-refractivity contribution is 7.89. The predicted molar refractivity (Wildman–Crippen MR) is 88.8 cm³/mol. The Bertz CT molecular complexity index is 788. The largest absolute Gasteiger partial charge is 0.369 e. The van der Waals surface area contributed by atoms with Crippen LogP contribution in [0.4, 0.5) is 10.1 Å². The predicted octanol–water partition coefficient (Wildman–Crippen LogP) is 2.99. The second kappa shape index (κ2) is 6.47. The minimum Gasteiger partial charge on any atom is -0.369 e. The van der Waals surface area contributed by atoms with Crippen molar-refractivity contribution in [2.75, 3.05) is 31.1 Å². The first-order chi connectivity index (χ1) is 11.0. The minimum absolute atomic E-state index is 0.120. The Hall–Kier alpha value is -1.63. The van der Waals surface area contributed by atoms with Crippen LogP contribution in [0, 0.1) is 5.82 Å². The van der Waals surface area contributed by atoms with E-state index in [0.717, 1.165) is 17.8 Å². The highest BCUT2D eigenvalue weighted by atomic mass is 35.5. The van der Waals surface area contributed by atoms with E-state index in [0.29, 0.717) is 31.2 Å². The Morgan fingerprint density at radius 1 is 0.957 bits per heavy atom. The summed E-state index contributed by atoms with van der Waals surface area (Å²) in [6, 6.07) is 12.4. The van der Waals surface area contributed by atoms with Crippen molar-refractivity contribution < 1.29 is 12.8 Å². The SMILES string of the molecule is O=S(=O)(c1ccc(F)cc1)N1CCN(c2cccc(Cl)c2)CC1. The molecule has 0 aromatic heterocycles. The summed E-state index contributed by atoms with van der Waals surface area (Å²) in [7, 11) is -3.58.